The van der Waals surface area contributed by atoms with Crippen LogP contribution >= 0.6 is 0 Å². The maximum absolute atomic E-state index is 13.7. The van der Waals surface area contributed by atoms with E-state index < -0.39 is 15.8 Å². The molecule has 0 aliphatic heterocycles. The van der Waals surface area contributed by atoms with Crippen molar-refractivity contribution in [3.8, 4) is 0 Å². The number of aryl methyl sites for hydroxylation is 2. The van der Waals surface area contributed by atoms with Gasteiger partial charge in [0.05, 0.1) is 11.4 Å². The van der Waals surface area contributed by atoms with Gasteiger partial charge in [0, 0.05) is 19.0 Å². The first kappa shape index (κ1) is 15.5. The van der Waals surface area contributed by atoms with Crippen LogP contribution in [0.1, 0.15) is 22.8 Å². The molecule has 1 heterocycles. The monoisotopic (exact) mass is 314 g/mol. The highest BCUT2D eigenvalue weighted by Crippen LogP contribution is 2.19. The molecule has 114 valence electrons. The molecule has 0 spiro atoms. The lowest BCUT2D eigenvalue weighted by Crippen LogP contribution is -2.24. The molecule has 0 radical (unpaired) electrons. The van der Waals surface area contributed by atoms with Gasteiger partial charge in [-0.3, -0.25) is 0 Å². The molecule has 0 amide bonds. The van der Waals surface area contributed by atoms with Crippen molar-refractivity contribution in [1.82, 2.24) is 14.9 Å². The zero-order chi connectivity index (χ0) is 15.6. The maximum Gasteiger partial charge on any atom is 0.241 e. The van der Waals surface area contributed by atoms with Gasteiger partial charge in [-0.25, -0.2) is 17.5 Å². The molecule has 9 heteroatoms. The molecular weight excluding hydrogens is 299 g/mol. The number of hydrogen-bond acceptors (Lipinski definition) is 6. The number of hydrogen-bond donors (Lipinski definition) is 2. The van der Waals surface area contributed by atoms with Crippen molar-refractivity contribution < 1.29 is 17.3 Å². The van der Waals surface area contributed by atoms with E-state index in [0.717, 1.165) is 0 Å². The quantitative estimate of drug-likeness (QED) is 0.843. The molecule has 0 aliphatic carbocycles. The maximum atomic E-state index is 13.7. The molecule has 1 aromatic carbocycles. The van der Waals surface area contributed by atoms with Crippen molar-refractivity contribution in [2.75, 3.05) is 0 Å². The van der Waals surface area contributed by atoms with Crippen molar-refractivity contribution in [3.05, 3.63) is 40.8 Å². The third-order valence-corrected chi connectivity index (χ3v) is 4.20. The summed E-state index contributed by atoms with van der Waals surface area (Å²) >= 11 is 0. The molecule has 0 aliphatic rings. The number of nitrogens with one attached hydrogen (secondary N) is 1. The summed E-state index contributed by atoms with van der Waals surface area (Å²) < 4.78 is 45.1. The third kappa shape index (κ3) is 3.43. The first-order valence-corrected chi connectivity index (χ1v) is 7.59. The van der Waals surface area contributed by atoms with Crippen LogP contribution in [0.15, 0.2) is 21.6 Å². The van der Waals surface area contributed by atoms with Crippen LogP contribution in [0.3, 0.4) is 0 Å². The van der Waals surface area contributed by atoms with Gasteiger partial charge in [0.1, 0.15) is 5.82 Å². The Bertz CT molecular complexity index is 758. The van der Waals surface area contributed by atoms with E-state index in [1.807, 2.05) is 0 Å². The fourth-order valence-electron chi connectivity index (χ4n) is 1.77. The second kappa shape index (κ2) is 5.88. The summed E-state index contributed by atoms with van der Waals surface area (Å²) in [5, 5.41) is 3.58. The number of rotatable bonds is 5. The lowest BCUT2D eigenvalue weighted by molar-refractivity contribution is 0.387. The standard InChI is InChI=1S/C12H15FN4O3S/c1-7-3-10(4-9(5-14)12(7)13)21(18,19)15-6-11-16-8(2)20-17-11/h3-4,15H,5-6,14H2,1-2H3. The molecule has 2 rings (SSSR count). The highest BCUT2D eigenvalue weighted by molar-refractivity contribution is 7.89. The van der Waals surface area contributed by atoms with E-state index in [-0.39, 0.29) is 34.9 Å². The van der Waals surface area contributed by atoms with Crippen LogP contribution in [0.25, 0.3) is 0 Å². The average Bonchev–Trinajstić information content (AvgIpc) is 2.85. The number of aromatic nitrogens is 2. The van der Waals surface area contributed by atoms with Crippen LogP contribution in [-0.4, -0.2) is 18.6 Å². The molecule has 7 nitrogen and oxygen atoms in total. The van der Waals surface area contributed by atoms with Crippen LogP contribution in [0, 0.1) is 19.7 Å². The number of benzene rings is 1. The van der Waals surface area contributed by atoms with Crippen LogP contribution < -0.4 is 10.5 Å². The number of nitrogens with zero attached hydrogens (tertiary/aromatic N) is 2. The highest BCUT2D eigenvalue weighted by Gasteiger charge is 2.18. The van der Waals surface area contributed by atoms with Crippen molar-refractivity contribution in [3.63, 3.8) is 0 Å². The Hall–Kier alpha value is -1.84. The van der Waals surface area contributed by atoms with Crippen LogP contribution in [-0.2, 0) is 23.1 Å². The minimum atomic E-state index is -3.81. The smallest absolute Gasteiger partial charge is 0.241 e. The number of halogens is 1. The number of sulfonamides is 1. The van der Waals surface area contributed by atoms with Crippen LogP contribution in [0.2, 0.25) is 0 Å². The van der Waals surface area contributed by atoms with Gasteiger partial charge in [-0.05, 0) is 24.6 Å². The fraction of sp³-hybridized carbons (Fsp3) is 0.333. The molecule has 21 heavy (non-hydrogen) atoms. The van der Waals surface area contributed by atoms with Gasteiger partial charge < -0.3 is 10.3 Å². The molecule has 2 aromatic rings. The van der Waals surface area contributed by atoms with Gasteiger partial charge in [-0.1, -0.05) is 5.16 Å². The van der Waals surface area contributed by atoms with E-state index in [9.17, 15) is 12.8 Å². The summed E-state index contributed by atoms with van der Waals surface area (Å²) in [6.07, 6.45) is 0. The highest BCUT2D eigenvalue weighted by atomic mass is 32.2. The fourth-order valence-corrected chi connectivity index (χ4v) is 2.88. The summed E-state index contributed by atoms with van der Waals surface area (Å²) in [5.74, 6) is 0.0615. The summed E-state index contributed by atoms with van der Waals surface area (Å²) in [5.41, 5.74) is 5.77. The summed E-state index contributed by atoms with van der Waals surface area (Å²) in [7, 11) is -3.81. The average molecular weight is 314 g/mol. The molecule has 1 aromatic heterocycles. The van der Waals surface area contributed by atoms with Gasteiger partial charge in [-0.15, -0.1) is 0 Å². The van der Waals surface area contributed by atoms with Crippen LogP contribution in [0.4, 0.5) is 4.39 Å². The Balaban J connectivity index is 2.25. The minimum Gasteiger partial charge on any atom is -0.340 e. The molecule has 0 atom stereocenters. The lowest BCUT2D eigenvalue weighted by Gasteiger charge is -2.09. The molecular formula is C12H15FN4O3S. The Morgan fingerprint density at radius 2 is 2.10 bits per heavy atom. The van der Waals surface area contributed by atoms with Crippen molar-refractivity contribution >= 4 is 10.0 Å². The number of nitrogens with two attached hydrogens (primary N) is 1. The van der Waals surface area contributed by atoms with E-state index in [1.165, 1.54) is 19.1 Å². The molecule has 0 fully saturated rings. The van der Waals surface area contributed by atoms with E-state index in [2.05, 4.69) is 14.9 Å². The Kier molecular flexibility index (Phi) is 4.35. The summed E-state index contributed by atoms with van der Waals surface area (Å²) in [6, 6.07) is 2.46. The normalized spacial score (nSPS) is 11.8. The molecule has 0 saturated carbocycles. The zero-order valence-electron chi connectivity index (χ0n) is 11.6. The van der Waals surface area contributed by atoms with Gasteiger partial charge in [0.15, 0.2) is 5.82 Å². The van der Waals surface area contributed by atoms with Gasteiger partial charge in [0.25, 0.3) is 0 Å². The summed E-state index contributed by atoms with van der Waals surface area (Å²) in [6.45, 7) is 2.88. The SMILES string of the molecule is Cc1nc(CNS(=O)(=O)c2cc(C)c(F)c(CN)c2)no1. The van der Waals surface area contributed by atoms with E-state index in [1.54, 1.807) is 6.92 Å². The third-order valence-electron chi connectivity index (χ3n) is 2.82. The Morgan fingerprint density at radius 1 is 1.38 bits per heavy atom. The van der Waals surface area contributed by atoms with Gasteiger partial charge in [-0.2, -0.15) is 4.98 Å². The predicted octanol–water partition coefficient (Wildman–Crippen LogP) is 0.763. The molecule has 0 bridgehead atoms. The second-order valence-electron chi connectivity index (χ2n) is 4.47. The molecule has 3 N–H and O–H groups in total. The van der Waals surface area contributed by atoms with Crippen molar-refractivity contribution in [1.29, 1.82) is 0 Å². The second-order valence-corrected chi connectivity index (χ2v) is 6.24. The van der Waals surface area contributed by atoms with Crippen molar-refractivity contribution in [2.24, 2.45) is 5.73 Å². The van der Waals surface area contributed by atoms with E-state index >= 15 is 0 Å². The Labute approximate surface area is 121 Å². The first-order valence-electron chi connectivity index (χ1n) is 6.11. The zero-order valence-corrected chi connectivity index (χ0v) is 12.4. The lowest BCUT2D eigenvalue weighted by atomic mass is 10.1. The Morgan fingerprint density at radius 3 is 2.67 bits per heavy atom. The van der Waals surface area contributed by atoms with Gasteiger partial charge in [0.2, 0.25) is 15.9 Å². The summed E-state index contributed by atoms with van der Waals surface area (Å²) in [4.78, 5) is 3.83. The van der Waals surface area contributed by atoms with Crippen LogP contribution in [0.5, 0.6) is 0 Å². The van der Waals surface area contributed by atoms with E-state index in [4.69, 9.17) is 10.3 Å². The largest absolute Gasteiger partial charge is 0.340 e. The minimum absolute atomic E-state index is 0.0536. The predicted molar refractivity (Wildman–Crippen MR) is 72.1 cm³/mol. The first-order chi connectivity index (χ1) is 9.83. The molecule has 0 saturated heterocycles. The van der Waals surface area contributed by atoms with E-state index in [0.29, 0.717) is 5.89 Å². The topological polar surface area (TPSA) is 111 Å². The van der Waals surface area contributed by atoms with Gasteiger partial charge >= 0.3 is 0 Å². The molecule has 0 unspecified atom stereocenters. The van der Waals surface area contributed by atoms with Crippen molar-refractivity contribution in [2.45, 2.75) is 31.8 Å².